The van der Waals surface area contributed by atoms with E-state index in [2.05, 4.69) is 47.6 Å². The molecule has 106 valence electrons. The second kappa shape index (κ2) is 5.50. The van der Waals surface area contributed by atoms with Gasteiger partial charge in [-0.1, -0.05) is 49.4 Å². The Bertz CT molecular complexity index is 593. The SMILES string of the molecule is CC(C)Cc1nnc(NC2CC(N)c3ccccc32)s1. The van der Waals surface area contributed by atoms with Crippen molar-refractivity contribution in [2.75, 3.05) is 5.32 Å². The first-order chi connectivity index (χ1) is 9.63. The van der Waals surface area contributed by atoms with Gasteiger partial charge < -0.3 is 11.1 Å². The van der Waals surface area contributed by atoms with E-state index < -0.39 is 0 Å². The number of aromatic nitrogens is 2. The van der Waals surface area contributed by atoms with Crippen molar-refractivity contribution < 1.29 is 0 Å². The minimum Gasteiger partial charge on any atom is -0.353 e. The highest BCUT2D eigenvalue weighted by Gasteiger charge is 2.28. The summed E-state index contributed by atoms with van der Waals surface area (Å²) >= 11 is 1.65. The average molecular weight is 288 g/mol. The Labute approximate surface area is 123 Å². The van der Waals surface area contributed by atoms with Gasteiger partial charge in [0.2, 0.25) is 5.13 Å². The topological polar surface area (TPSA) is 63.8 Å². The fraction of sp³-hybridized carbons (Fsp3) is 0.467. The second-order valence-electron chi connectivity index (χ2n) is 5.77. The van der Waals surface area contributed by atoms with Gasteiger partial charge >= 0.3 is 0 Å². The molecule has 2 aromatic rings. The van der Waals surface area contributed by atoms with Gasteiger partial charge in [-0.25, -0.2) is 0 Å². The van der Waals surface area contributed by atoms with Gasteiger partial charge in [-0.3, -0.25) is 0 Å². The van der Waals surface area contributed by atoms with Crippen LogP contribution in [0.3, 0.4) is 0 Å². The molecule has 0 amide bonds. The third-order valence-electron chi connectivity index (χ3n) is 3.61. The third kappa shape index (κ3) is 2.69. The molecule has 0 bridgehead atoms. The van der Waals surface area contributed by atoms with E-state index in [0.717, 1.165) is 23.0 Å². The van der Waals surface area contributed by atoms with Crippen molar-refractivity contribution >= 4 is 16.5 Å². The number of hydrogen-bond acceptors (Lipinski definition) is 5. The van der Waals surface area contributed by atoms with Crippen LogP contribution in [-0.2, 0) is 6.42 Å². The Hall–Kier alpha value is -1.46. The number of rotatable bonds is 4. The number of hydrogen-bond donors (Lipinski definition) is 2. The molecule has 2 unspecified atom stereocenters. The zero-order valence-corrected chi connectivity index (χ0v) is 12.7. The maximum atomic E-state index is 6.19. The molecule has 1 aromatic carbocycles. The highest BCUT2D eigenvalue weighted by atomic mass is 32.1. The lowest BCUT2D eigenvalue weighted by molar-refractivity contribution is 0.638. The molecular weight excluding hydrogens is 268 g/mol. The Balaban J connectivity index is 1.74. The van der Waals surface area contributed by atoms with Crippen LogP contribution in [0.5, 0.6) is 0 Å². The molecule has 2 atom stereocenters. The molecule has 5 heteroatoms. The molecule has 1 heterocycles. The summed E-state index contributed by atoms with van der Waals surface area (Å²) in [6.45, 7) is 4.39. The predicted molar refractivity (Wildman–Crippen MR) is 82.8 cm³/mol. The number of benzene rings is 1. The summed E-state index contributed by atoms with van der Waals surface area (Å²) in [6, 6.07) is 8.75. The molecule has 3 N–H and O–H groups in total. The van der Waals surface area contributed by atoms with Crippen molar-refractivity contribution in [3.63, 3.8) is 0 Å². The molecule has 1 aliphatic carbocycles. The smallest absolute Gasteiger partial charge is 0.206 e. The Morgan fingerprint density at radius 2 is 2.05 bits per heavy atom. The Morgan fingerprint density at radius 1 is 1.30 bits per heavy atom. The third-order valence-corrected chi connectivity index (χ3v) is 4.48. The second-order valence-corrected chi connectivity index (χ2v) is 6.83. The van der Waals surface area contributed by atoms with Crippen LogP contribution < -0.4 is 11.1 Å². The van der Waals surface area contributed by atoms with Crippen LogP contribution in [0.25, 0.3) is 0 Å². The largest absolute Gasteiger partial charge is 0.353 e. The summed E-state index contributed by atoms with van der Waals surface area (Å²) in [7, 11) is 0. The zero-order valence-electron chi connectivity index (χ0n) is 11.8. The number of nitrogens with one attached hydrogen (secondary N) is 1. The van der Waals surface area contributed by atoms with Gasteiger partial charge in [0.1, 0.15) is 5.01 Å². The van der Waals surface area contributed by atoms with Crippen molar-refractivity contribution in [2.24, 2.45) is 11.7 Å². The van der Waals surface area contributed by atoms with Gasteiger partial charge in [0.25, 0.3) is 0 Å². The first-order valence-corrected chi connectivity index (χ1v) is 7.88. The summed E-state index contributed by atoms with van der Waals surface area (Å²) in [4.78, 5) is 0. The number of nitrogens with two attached hydrogens (primary N) is 1. The van der Waals surface area contributed by atoms with E-state index in [4.69, 9.17) is 5.73 Å². The van der Waals surface area contributed by atoms with Gasteiger partial charge in [0.15, 0.2) is 0 Å². The number of nitrogens with zero attached hydrogens (tertiary/aromatic N) is 2. The highest BCUT2D eigenvalue weighted by molar-refractivity contribution is 7.15. The molecule has 3 rings (SSSR count). The Kier molecular flexibility index (Phi) is 3.72. The van der Waals surface area contributed by atoms with Gasteiger partial charge in [-0.15, -0.1) is 10.2 Å². The molecule has 4 nitrogen and oxygen atoms in total. The predicted octanol–water partition coefficient (Wildman–Crippen LogP) is 3.29. The van der Waals surface area contributed by atoms with Crippen LogP contribution in [0.15, 0.2) is 24.3 Å². The maximum Gasteiger partial charge on any atom is 0.206 e. The van der Waals surface area contributed by atoms with Crippen molar-refractivity contribution in [3.8, 4) is 0 Å². The standard InChI is InChI=1S/C15H20N4S/c1-9(2)7-14-18-19-15(20-14)17-13-8-12(16)10-5-3-4-6-11(10)13/h3-6,9,12-13H,7-8,16H2,1-2H3,(H,17,19). The minimum absolute atomic E-state index is 0.117. The summed E-state index contributed by atoms with van der Waals surface area (Å²) in [6.07, 6.45) is 1.90. The van der Waals surface area contributed by atoms with E-state index in [9.17, 15) is 0 Å². The molecule has 1 aliphatic rings. The monoisotopic (exact) mass is 288 g/mol. The van der Waals surface area contributed by atoms with Crippen LogP contribution in [-0.4, -0.2) is 10.2 Å². The lowest BCUT2D eigenvalue weighted by Crippen LogP contribution is -2.09. The normalized spacial score (nSPS) is 21.2. The van der Waals surface area contributed by atoms with Crippen molar-refractivity contribution in [1.29, 1.82) is 0 Å². The van der Waals surface area contributed by atoms with Crippen molar-refractivity contribution in [1.82, 2.24) is 10.2 Å². The molecule has 0 saturated heterocycles. The maximum absolute atomic E-state index is 6.19. The molecule has 20 heavy (non-hydrogen) atoms. The molecule has 0 fully saturated rings. The lowest BCUT2D eigenvalue weighted by atomic mass is 10.1. The first kappa shape index (κ1) is 13.5. The van der Waals surface area contributed by atoms with E-state index in [0.29, 0.717) is 5.92 Å². The lowest BCUT2D eigenvalue weighted by Gasteiger charge is -2.12. The molecule has 0 spiro atoms. The zero-order chi connectivity index (χ0) is 14.1. The summed E-state index contributed by atoms with van der Waals surface area (Å²) < 4.78 is 0. The fourth-order valence-electron chi connectivity index (χ4n) is 2.70. The van der Waals surface area contributed by atoms with Crippen molar-refractivity contribution in [3.05, 3.63) is 40.4 Å². The fourth-order valence-corrected chi connectivity index (χ4v) is 3.71. The van der Waals surface area contributed by atoms with Crippen LogP contribution in [0.2, 0.25) is 0 Å². The van der Waals surface area contributed by atoms with E-state index in [1.165, 1.54) is 11.1 Å². The highest BCUT2D eigenvalue weighted by Crippen LogP contribution is 2.39. The molecule has 1 aromatic heterocycles. The van der Waals surface area contributed by atoms with E-state index in [1.807, 2.05) is 6.07 Å². The first-order valence-electron chi connectivity index (χ1n) is 7.07. The summed E-state index contributed by atoms with van der Waals surface area (Å²) in [5, 5.41) is 14.0. The van der Waals surface area contributed by atoms with Crippen LogP contribution in [0, 0.1) is 5.92 Å². The quantitative estimate of drug-likeness (QED) is 0.906. The van der Waals surface area contributed by atoms with Gasteiger partial charge in [-0.2, -0.15) is 0 Å². The van der Waals surface area contributed by atoms with Gasteiger partial charge in [0, 0.05) is 12.5 Å². The van der Waals surface area contributed by atoms with Crippen molar-refractivity contribution in [2.45, 2.75) is 38.8 Å². The molecular formula is C15H20N4S. The van der Waals surface area contributed by atoms with E-state index in [-0.39, 0.29) is 12.1 Å². The Morgan fingerprint density at radius 3 is 2.80 bits per heavy atom. The van der Waals surface area contributed by atoms with E-state index in [1.54, 1.807) is 11.3 Å². The minimum atomic E-state index is 0.117. The molecule has 0 saturated carbocycles. The molecule has 0 radical (unpaired) electrons. The van der Waals surface area contributed by atoms with Gasteiger partial charge in [-0.05, 0) is 23.5 Å². The van der Waals surface area contributed by atoms with Crippen LogP contribution in [0.4, 0.5) is 5.13 Å². The van der Waals surface area contributed by atoms with E-state index >= 15 is 0 Å². The number of anilines is 1. The summed E-state index contributed by atoms with van der Waals surface area (Å²) in [5.74, 6) is 0.608. The van der Waals surface area contributed by atoms with Gasteiger partial charge in [0.05, 0.1) is 6.04 Å². The van der Waals surface area contributed by atoms with Crippen LogP contribution >= 0.6 is 11.3 Å². The van der Waals surface area contributed by atoms with Crippen LogP contribution in [0.1, 0.15) is 48.5 Å². The summed E-state index contributed by atoms with van der Waals surface area (Å²) in [5.41, 5.74) is 8.73. The number of fused-ring (bicyclic) bond motifs is 1. The molecule has 0 aliphatic heterocycles. The average Bonchev–Trinajstić information content (AvgIpc) is 2.96.